The van der Waals surface area contributed by atoms with Gasteiger partial charge in [0, 0.05) is 13.1 Å². The van der Waals surface area contributed by atoms with E-state index in [1.807, 2.05) is 39.5 Å². The quantitative estimate of drug-likeness (QED) is 0.825. The highest BCUT2D eigenvalue weighted by Crippen LogP contribution is 2.31. The predicted molar refractivity (Wildman–Crippen MR) is 72.8 cm³/mol. The molecule has 0 aliphatic carbocycles. The maximum Gasteiger partial charge on any atom is 0.187 e. The topological polar surface area (TPSA) is 38.2 Å². The van der Waals surface area contributed by atoms with E-state index in [0.29, 0.717) is 31.0 Å². The smallest absolute Gasteiger partial charge is 0.187 e. The van der Waals surface area contributed by atoms with Gasteiger partial charge in [0.2, 0.25) is 0 Å². The number of halogens is 1. The molecule has 0 bridgehead atoms. The molecule has 0 aromatic carbocycles. The third kappa shape index (κ3) is 3.03. The minimum atomic E-state index is -0.328. The van der Waals surface area contributed by atoms with Gasteiger partial charge in [-0.3, -0.25) is 0 Å². The molecule has 1 aliphatic rings. The second kappa shape index (κ2) is 4.71. The first-order valence-electron chi connectivity index (χ1n) is 6.68. The SMILES string of the molecule is CCc1ncnc(N2CC(C)(C)OC(C)(C)C2)c1F. The third-order valence-electron chi connectivity index (χ3n) is 3.17. The molecule has 0 atom stereocenters. The summed E-state index contributed by atoms with van der Waals surface area (Å²) in [6, 6.07) is 0. The largest absolute Gasteiger partial charge is 0.366 e. The van der Waals surface area contributed by atoms with E-state index in [0.717, 1.165) is 0 Å². The molecule has 5 heteroatoms. The Morgan fingerprint density at radius 1 is 1.21 bits per heavy atom. The van der Waals surface area contributed by atoms with Crippen LogP contribution < -0.4 is 4.90 Å². The molecule has 0 unspecified atom stereocenters. The van der Waals surface area contributed by atoms with Gasteiger partial charge in [-0.1, -0.05) is 6.92 Å². The number of hydrogen-bond donors (Lipinski definition) is 0. The van der Waals surface area contributed by atoms with Crippen molar-refractivity contribution in [3.63, 3.8) is 0 Å². The average Bonchev–Trinajstić information content (AvgIpc) is 2.25. The van der Waals surface area contributed by atoms with Crippen molar-refractivity contribution in [2.24, 2.45) is 0 Å². The van der Waals surface area contributed by atoms with Crippen molar-refractivity contribution in [3.05, 3.63) is 17.8 Å². The molecule has 106 valence electrons. The monoisotopic (exact) mass is 267 g/mol. The van der Waals surface area contributed by atoms with E-state index in [1.165, 1.54) is 6.33 Å². The molecule has 2 rings (SSSR count). The van der Waals surface area contributed by atoms with Gasteiger partial charge in [-0.05, 0) is 34.1 Å². The van der Waals surface area contributed by atoms with E-state index in [-0.39, 0.29) is 17.0 Å². The zero-order valence-electron chi connectivity index (χ0n) is 12.3. The number of ether oxygens (including phenoxy) is 1. The summed E-state index contributed by atoms with van der Waals surface area (Å²) < 4.78 is 20.4. The second-order valence-corrected chi connectivity index (χ2v) is 6.29. The summed E-state index contributed by atoms with van der Waals surface area (Å²) in [6.45, 7) is 11.2. The van der Waals surface area contributed by atoms with Crippen molar-refractivity contribution in [2.45, 2.75) is 52.2 Å². The Labute approximate surface area is 114 Å². The summed E-state index contributed by atoms with van der Waals surface area (Å²) in [7, 11) is 0. The molecule has 0 N–H and O–H groups in total. The van der Waals surface area contributed by atoms with Crippen LogP contribution in [0.4, 0.5) is 10.2 Å². The first-order chi connectivity index (χ1) is 8.74. The van der Waals surface area contributed by atoms with Crippen molar-refractivity contribution in [3.8, 4) is 0 Å². The summed E-state index contributed by atoms with van der Waals surface area (Å²) in [5, 5.41) is 0. The highest BCUT2D eigenvalue weighted by molar-refractivity contribution is 5.42. The Morgan fingerprint density at radius 3 is 2.32 bits per heavy atom. The Hall–Kier alpha value is -1.23. The van der Waals surface area contributed by atoms with Crippen LogP contribution in [0.25, 0.3) is 0 Å². The number of anilines is 1. The summed E-state index contributed by atoms with van der Waals surface area (Å²) >= 11 is 0. The highest BCUT2D eigenvalue weighted by atomic mass is 19.1. The van der Waals surface area contributed by atoms with Crippen LogP contribution in [-0.4, -0.2) is 34.3 Å². The van der Waals surface area contributed by atoms with Crippen LogP contribution in [-0.2, 0) is 11.2 Å². The Morgan fingerprint density at radius 2 is 1.79 bits per heavy atom. The van der Waals surface area contributed by atoms with Crippen LogP contribution in [0.2, 0.25) is 0 Å². The van der Waals surface area contributed by atoms with Crippen molar-refractivity contribution in [1.82, 2.24) is 9.97 Å². The Kier molecular flexibility index (Phi) is 3.51. The minimum absolute atomic E-state index is 0.307. The molecule has 1 fully saturated rings. The highest BCUT2D eigenvalue weighted by Gasteiger charge is 2.39. The molecule has 0 amide bonds. The molecule has 19 heavy (non-hydrogen) atoms. The molecule has 0 spiro atoms. The van der Waals surface area contributed by atoms with Gasteiger partial charge in [-0.15, -0.1) is 0 Å². The van der Waals surface area contributed by atoms with Crippen molar-refractivity contribution in [2.75, 3.05) is 18.0 Å². The molecule has 0 radical (unpaired) electrons. The van der Waals surface area contributed by atoms with Crippen LogP contribution in [0.3, 0.4) is 0 Å². The first kappa shape index (κ1) is 14.2. The fourth-order valence-corrected chi connectivity index (χ4v) is 2.80. The molecule has 0 saturated carbocycles. The fourth-order valence-electron chi connectivity index (χ4n) is 2.80. The summed E-state index contributed by atoms with van der Waals surface area (Å²) in [4.78, 5) is 10.1. The lowest BCUT2D eigenvalue weighted by atomic mass is 9.99. The molecular weight excluding hydrogens is 245 g/mol. The number of rotatable bonds is 2. The molecule has 1 aromatic rings. The van der Waals surface area contributed by atoms with Crippen LogP contribution in [0, 0.1) is 5.82 Å². The van der Waals surface area contributed by atoms with E-state index >= 15 is 0 Å². The van der Waals surface area contributed by atoms with E-state index in [1.54, 1.807) is 0 Å². The van der Waals surface area contributed by atoms with Gasteiger partial charge in [-0.25, -0.2) is 14.4 Å². The van der Waals surface area contributed by atoms with Gasteiger partial charge in [-0.2, -0.15) is 0 Å². The van der Waals surface area contributed by atoms with E-state index in [2.05, 4.69) is 9.97 Å². The lowest BCUT2D eigenvalue weighted by Gasteiger charge is -2.47. The summed E-state index contributed by atoms with van der Waals surface area (Å²) in [5.41, 5.74) is -0.191. The molecule has 1 saturated heterocycles. The number of morpholine rings is 1. The lowest BCUT2D eigenvalue weighted by molar-refractivity contribution is -0.133. The van der Waals surface area contributed by atoms with Gasteiger partial charge in [0.25, 0.3) is 0 Å². The average molecular weight is 267 g/mol. The lowest BCUT2D eigenvalue weighted by Crippen LogP contribution is -2.57. The number of hydrogen-bond acceptors (Lipinski definition) is 4. The zero-order chi connectivity index (χ0) is 14.3. The molecule has 4 nitrogen and oxygen atoms in total. The Balaban J connectivity index is 2.36. The standard InChI is InChI=1S/C14H22FN3O/c1-6-10-11(15)12(17-9-16-10)18-7-13(2,3)19-14(4,5)8-18/h9H,6-8H2,1-5H3. The molecule has 2 heterocycles. The predicted octanol–water partition coefficient (Wildman–Crippen LogP) is 2.57. The normalized spacial score (nSPS) is 21.5. The van der Waals surface area contributed by atoms with Gasteiger partial charge in [0.15, 0.2) is 11.6 Å². The van der Waals surface area contributed by atoms with Crippen LogP contribution in [0.5, 0.6) is 0 Å². The first-order valence-corrected chi connectivity index (χ1v) is 6.68. The maximum absolute atomic E-state index is 14.4. The molecular formula is C14H22FN3O. The van der Waals surface area contributed by atoms with Crippen LogP contribution in [0.1, 0.15) is 40.3 Å². The Bertz CT molecular complexity index is 458. The second-order valence-electron chi connectivity index (χ2n) is 6.29. The van der Waals surface area contributed by atoms with E-state index in [4.69, 9.17) is 4.74 Å². The minimum Gasteiger partial charge on any atom is -0.366 e. The number of aromatic nitrogens is 2. The van der Waals surface area contributed by atoms with E-state index in [9.17, 15) is 4.39 Å². The third-order valence-corrected chi connectivity index (χ3v) is 3.17. The zero-order valence-corrected chi connectivity index (χ0v) is 12.3. The number of aryl methyl sites for hydroxylation is 1. The van der Waals surface area contributed by atoms with Gasteiger partial charge in [0.1, 0.15) is 6.33 Å². The van der Waals surface area contributed by atoms with Crippen LogP contribution >= 0.6 is 0 Å². The fraction of sp³-hybridized carbons (Fsp3) is 0.714. The molecule has 1 aliphatic heterocycles. The van der Waals surface area contributed by atoms with Gasteiger partial charge < -0.3 is 9.64 Å². The summed E-state index contributed by atoms with van der Waals surface area (Å²) in [6.07, 6.45) is 2.01. The van der Waals surface area contributed by atoms with Crippen molar-refractivity contribution < 1.29 is 9.13 Å². The van der Waals surface area contributed by atoms with Gasteiger partial charge in [0.05, 0.1) is 16.9 Å². The van der Waals surface area contributed by atoms with Crippen LogP contribution in [0.15, 0.2) is 6.33 Å². The van der Waals surface area contributed by atoms with Gasteiger partial charge >= 0.3 is 0 Å². The van der Waals surface area contributed by atoms with E-state index < -0.39 is 0 Å². The molecule has 1 aromatic heterocycles. The van der Waals surface area contributed by atoms with Crippen molar-refractivity contribution in [1.29, 1.82) is 0 Å². The number of nitrogens with zero attached hydrogens (tertiary/aromatic N) is 3. The maximum atomic E-state index is 14.4. The summed E-state index contributed by atoms with van der Waals surface area (Å²) in [5.74, 6) is 0.0785. The van der Waals surface area contributed by atoms with Crippen molar-refractivity contribution >= 4 is 5.82 Å².